The smallest absolute Gasteiger partial charge is 0.462 e. The molecule has 9 heteroatoms. The van der Waals surface area contributed by atoms with Crippen molar-refractivity contribution in [2.24, 2.45) is 11.8 Å². The predicted octanol–water partition coefficient (Wildman–Crippen LogP) is 8.66. The minimum Gasteiger partial charge on any atom is -0.462 e. The average Bonchev–Trinajstić information content (AvgIpc) is 2.87. The van der Waals surface area contributed by atoms with Crippen LogP contribution >= 0.6 is 7.82 Å². The molecule has 238 valence electrons. The molecule has 0 aliphatic rings. The zero-order valence-electron chi connectivity index (χ0n) is 26.1. The molecule has 40 heavy (non-hydrogen) atoms. The second kappa shape index (κ2) is 25.7. The third-order valence-corrected chi connectivity index (χ3v) is 7.47. The Morgan fingerprint density at radius 1 is 0.575 bits per heavy atom. The van der Waals surface area contributed by atoms with E-state index in [1.807, 2.05) is 0 Å². The summed E-state index contributed by atoms with van der Waals surface area (Å²) in [4.78, 5) is 42.4. The molecular weight excluding hydrogens is 531 g/mol. The minimum absolute atomic E-state index is 0.215. The van der Waals surface area contributed by atoms with Crippen LogP contribution in [0.15, 0.2) is 0 Å². The molecule has 0 fully saturated rings. The standard InChI is InChI=1S/C31H61O8P/c1-27(2)21-17-13-9-5-7-11-15-19-23-30(32)37-25-29(26-38-40(34,35)36)39-31(33)24-20-16-12-8-6-10-14-18-22-28(3)4/h27-29H,5-26H2,1-4H3,(H2,34,35,36)/t29-/m1/s1. The van der Waals surface area contributed by atoms with E-state index < -0.39 is 32.5 Å². The number of hydrogen-bond donors (Lipinski definition) is 2. The molecule has 0 spiro atoms. The first-order valence-corrected chi connectivity index (χ1v) is 17.6. The lowest BCUT2D eigenvalue weighted by Gasteiger charge is -2.18. The van der Waals surface area contributed by atoms with E-state index in [2.05, 4.69) is 32.2 Å². The van der Waals surface area contributed by atoms with E-state index in [9.17, 15) is 14.2 Å². The molecule has 0 aliphatic heterocycles. The number of phosphoric ester groups is 1. The molecule has 0 heterocycles. The van der Waals surface area contributed by atoms with Crippen molar-refractivity contribution in [1.29, 1.82) is 0 Å². The Labute approximate surface area is 244 Å². The largest absolute Gasteiger partial charge is 0.469 e. The second-order valence-corrected chi connectivity index (χ2v) is 13.3. The molecule has 0 aliphatic carbocycles. The fraction of sp³-hybridized carbons (Fsp3) is 0.935. The Balaban J connectivity index is 4.04. The van der Waals surface area contributed by atoms with Gasteiger partial charge in [0.15, 0.2) is 6.10 Å². The van der Waals surface area contributed by atoms with Crippen molar-refractivity contribution >= 4 is 19.8 Å². The van der Waals surface area contributed by atoms with Gasteiger partial charge in [-0.2, -0.15) is 0 Å². The van der Waals surface area contributed by atoms with Crippen molar-refractivity contribution in [1.82, 2.24) is 0 Å². The Morgan fingerprint density at radius 2 is 0.950 bits per heavy atom. The summed E-state index contributed by atoms with van der Waals surface area (Å²) in [5, 5.41) is 0. The molecule has 0 radical (unpaired) electrons. The molecule has 1 atom stereocenters. The van der Waals surface area contributed by atoms with Gasteiger partial charge < -0.3 is 19.3 Å². The summed E-state index contributed by atoms with van der Waals surface area (Å²) < 4.78 is 26.1. The third-order valence-electron chi connectivity index (χ3n) is 6.98. The van der Waals surface area contributed by atoms with Crippen LogP contribution in [0.1, 0.15) is 156 Å². The van der Waals surface area contributed by atoms with Crippen LogP contribution in [0.5, 0.6) is 0 Å². The highest BCUT2D eigenvalue weighted by Crippen LogP contribution is 2.36. The van der Waals surface area contributed by atoms with Crippen LogP contribution in [0, 0.1) is 11.8 Å². The van der Waals surface area contributed by atoms with Gasteiger partial charge in [0.05, 0.1) is 6.61 Å². The van der Waals surface area contributed by atoms with Crippen molar-refractivity contribution in [3.8, 4) is 0 Å². The molecule has 0 saturated carbocycles. The first kappa shape index (κ1) is 39.0. The summed E-state index contributed by atoms with van der Waals surface area (Å²) >= 11 is 0. The van der Waals surface area contributed by atoms with Crippen LogP contribution in [0.25, 0.3) is 0 Å². The van der Waals surface area contributed by atoms with E-state index in [4.69, 9.17) is 19.3 Å². The first-order chi connectivity index (χ1) is 19.0. The molecule has 0 saturated heterocycles. The molecule has 0 rings (SSSR count). The fourth-order valence-corrected chi connectivity index (χ4v) is 4.92. The molecular formula is C31H61O8P. The van der Waals surface area contributed by atoms with Crippen LogP contribution in [-0.2, 0) is 28.2 Å². The lowest BCUT2D eigenvalue weighted by molar-refractivity contribution is -0.161. The predicted molar refractivity (Wildman–Crippen MR) is 161 cm³/mol. The molecule has 0 amide bonds. The molecule has 2 N–H and O–H groups in total. The van der Waals surface area contributed by atoms with Gasteiger partial charge in [-0.1, -0.05) is 130 Å². The topological polar surface area (TPSA) is 119 Å². The quantitative estimate of drug-likeness (QED) is 0.0526. The van der Waals surface area contributed by atoms with E-state index in [0.29, 0.717) is 6.42 Å². The van der Waals surface area contributed by atoms with Gasteiger partial charge in [0.1, 0.15) is 6.61 Å². The monoisotopic (exact) mass is 592 g/mol. The van der Waals surface area contributed by atoms with Gasteiger partial charge in [-0.3, -0.25) is 14.1 Å². The number of carbonyl (C=O) groups is 2. The molecule has 0 aromatic rings. The van der Waals surface area contributed by atoms with Crippen molar-refractivity contribution < 1.29 is 37.9 Å². The summed E-state index contributed by atoms with van der Waals surface area (Å²) in [6.45, 7) is 8.21. The third kappa shape index (κ3) is 30.0. The highest BCUT2D eigenvalue weighted by atomic mass is 31.2. The van der Waals surface area contributed by atoms with Gasteiger partial charge in [0, 0.05) is 12.8 Å². The minimum atomic E-state index is -4.73. The number of unbranched alkanes of at least 4 members (excludes halogenated alkanes) is 14. The lowest BCUT2D eigenvalue weighted by atomic mass is 10.0. The van der Waals surface area contributed by atoms with Crippen LogP contribution in [0.2, 0.25) is 0 Å². The number of hydrogen-bond acceptors (Lipinski definition) is 6. The van der Waals surface area contributed by atoms with Gasteiger partial charge in [0.25, 0.3) is 0 Å². The van der Waals surface area contributed by atoms with Crippen molar-refractivity contribution in [3.63, 3.8) is 0 Å². The number of carbonyl (C=O) groups excluding carboxylic acids is 2. The van der Waals surface area contributed by atoms with E-state index in [1.54, 1.807) is 0 Å². The average molecular weight is 593 g/mol. The van der Waals surface area contributed by atoms with Gasteiger partial charge >= 0.3 is 19.8 Å². The van der Waals surface area contributed by atoms with Crippen LogP contribution < -0.4 is 0 Å². The molecule has 0 bridgehead atoms. The van der Waals surface area contributed by atoms with E-state index >= 15 is 0 Å². The zero-order valence-corrected chi connectivity index (χ0v) is 27.0. The Morgan fingerprint density at radius 3 is 1.35 bits per heavy atom. The maximum Gasteiger partial charge on any atom is 0.469 e. The Hall–Kier alpha value is -0.950. The van der Waals surface area contributed by atoms with Gasteiger partial charge in [0.2, 0.25) is 0 Å². The van der Waals surface area contributed by atoms with Crippen LogP contribution in [0.3, 0.4) is 0 Å². The van der Waals surface area contributed by atoms with Gasteiger partial charge in [-0.25, -0.2) is 4.57 Å². The van der Waals surface area contributed by atoms with Crippen molar-refractivity contribution in [2.45, 2.75) is 162 Å². The maximum absolute atomic E-state index is 12.3. The SMILES string of the molecule is CC(C)CCCCCCCCCCC(=O)OC[C@H](COP(=O)(O)O)OC(=O)CCCCCCCCCCC(C)C. The lowest BCUT2D eigenvalue weighted by Crippen LogP contribution is -2.29. The number of rotatable bonds is 28. The van der Waals surface area contributed by atoms with Crippen LogP contribution in [0.4, 0.5) is 0 Å². The summed E-state index contributed by atoms with van der Waals surface area (Å²) in [7, 11) is -4.73. The number of ether oxygens (including phenoxy) is 2. The van der Waals surface area contributed by atoms with Gasteiger partial charge in [-0.15, -0.1) is 0 Å². The van der Waals surface area contributed by atoms with Crippen LogP contribution in [-0.4, -0.2) is 41.0 Å². The molecule has 0 aromatic heterocycles. The Kier molecular flexibility index (Phi) is 25.1. The van der Waals surface area contributed by atoms with Crippen molar-refractivity contribution in [3.05, 3.63) is 0 Å². The van der Waals surface area contributed by atoms with Gasteiger partial charge in [-0.05, 0) is 24.7 Å². The second-order valence-electron chi connectivity index (χ2n) is 12.1. The zero-order chi connectivity index (χ0) is 30.1. The molecule has 0 aromatic carbocycles. The number of phosphoric acid groups is 1. The van der Waals surface area contributed by atoms with Crippen molar-refractivity contribution in [2.75, 3.05) is 13.2 Å². The van der Waals surface area contributed by atoms with E-state index in [-0.39, 0.29) is 19.4 Å². The summed E-state index contributed by atoms with van der Waals surface area (Å²) in [6.07, 6.45) is 20.0. The summed E-state index contributed by atoms with van der Waals surface area (Å²) in [5.41, 5.74) is 0. The Bertz CT molecular complexity index is 662. The summed E-state index contributed by atoms with van der Waals surface area (Å²) in [6, 6.07) is 0. The fourth-order valence-electron chi connectivity index (χ4n) is 4.56. The number of esters is 2. The maximum atomic E-state index is 12.3. The van der Waals surface area contributed by atoms with E-state index in [1.165, 1.54) is 70.6 Å². The molecule has 0 unspecified atom stereocenters. The summed E-state index contributed by atoms with van der Waals surface area (Å²) in [5.74, 6) is 0.663. The van der Waals surface area contributed by atoms with E-state index in [0.717, 1.165) is 50.4 Å². The molecule has 8 nitrogen and oxygen atoms in total. The highest BCUT2D eigenvalue weighted by molar-refractivity contribution is 7.46. The normalized spacial score (nSPS) is 12.7. The first-order valence-electron chi connectivity index (χ1n) is 16.0. The highest BCUT2D eigenvalue weighted by Gasteiger charge is 2.22.